The maximum Gasteiger partial charge on any atom is 0.335 e. The highest BCUT2D eigenvalue weighted by molar-refractivity contribution is 6.31. The van der Waals surface area contributed by atoms with Crippen molar-refractivity contribution in [2.45, 2.75) is 13.0 Å². The van der Waals surface area contributed by atoms with Gasteiger partial charge in [0, 0.05) is 16.8 Å². The third-order valence-corrected chi connectivity index (χ3v) is 3.23. The minimum atomic E-state index is -0.925. The molecule has 0 heterocycles. The molecule has 0 aliphatic heterocycles. The van der Waals surface area contributed by atoms with Crippen LogP contribution in [0.4, 0.5) is 5.69 Å². The molecule has 4 heteroatoms. The Kier molecular flexibility index (Phi) is 4.07. The summed E-state index contributed by atoms with van der Waals surface area (Å²) >= 11 is 6.13. The van der Waals surface area contributed by atoms with Crippen LogP contribution in [0.2, 0.25) is 5.02 Å². The van der Waals surface area contributed by atoms with Gasteiger partial charge in [-0.2, -0.15) is 0 Å². The first-order valence-electron chi connectivity index (χ1n) is 5.92. The van der Waals surface area contributed by atoms with Gasteiger partial charge in [0.2, 0.25) is 0 Å². The largest absolute Gasteiger partial charge is 0.478 e. The van der Waals surface area contributed by atoms with Gasteiger partial charge < -0.3 is 10.4 Å². The van der Waals surface area contributed by atoms with E-state index in [-0.39, 0.29) is 11.6 Å². The molecule has 2 aromatic carbocycles. The van der Waals surface area contributed by atoms with Crippen LogP contribution < -0.4 is 5.32 Å². The summed E-state index contributed by atoms with van der Waals surface area (Å²) in [5.41, 5.74) is 2.14. The summed E-state index contributed by atoms with van der Waals surface area (Å²) in [6.07, 6.45) is 0. The lowest BCUT2D eigenvalue weighted by atomic mass is 10.1. The normalized spacial score (nSPS) is 11.9. The lowest BCUT2D eigenvalue weighted by Crippen LogP contribution is -2.07. The summed E-state index contributed by atoms with van der Waals surface area (Å²) in [5, 5.41) is 12.8. The first kappa shape index (κ1) is 13.4. The number of carbonyl (C=O) groups is 1. The predicted molar refractivity (Wildman–Crippen MR) is 76.9 cm³/mol. The van der Waals surface area contributed by atoms with E-state index in [1.54, 1.807) is 24.3 Å². The molecule has 0 aliphatic carbocycles. The zero-order chi connectivity index (χ0) is 13.8. The molecule has 3 nitrogen and oxygen atoms in total. The SMILES string of the molecule is CC(Nc1ccc(C(=O)O)cc1)c1ccccc1Cl. The molecule has 0 radical (unpaired) electrons. The van der Waals surface area contributed by atoms with Gasteiger partial charge >= 0.3 is 5.97 Å². The number of hydrogen-bond donors (Lipinski definition) is 2. The van der Waals surface area contributed by atoms with E-state index in [1.165, 1.54) is 0 Å². The summed E-state index contributed by atoms with van der Waals surface area (Å²) in [6.45, 7) is 2.01. The molecule has 0 saturated heterocycles. The van der Waals surface area contributed by atoms with Crippen LogP contribution >= 0.6 is 11.6 Å². The monoisotopic (exact) mass is 275 g/mol. The van der Waals surface area contributed by atoms with Gasteiger partial charge in [0.15, 0.2) is 0 Å². The van der Waals surface area contributed by atoms with Crippen LogP contribution in [-0.4, -0.2) is 11.1 Å². The number of benzene rings is 2. The highest BCUT2D eigenvalue weighted by Crippen LogP contribution is 2.25. The minimum Gasteiger partial charge on any atom is -0.478 e. The maximum atomic E-state index is 10.8. The molecule has 0 amide bonds. The summed E-state index contributed by atoms with van der Waals surface area (Å²) in [7, 11) is 0. The molecule has 1 unspecified atom stereocenters. The molecule has 2 N–H and O–H groups in total. The fourth-order valence-electron chi connectivity index (χ4n) is 1.86. The van der Waals surface area contributed by atoms with Crippen molar-refractivity contribution < 1.29 is 9.90 Å². The Morgan fingerprint density at radius 1 is 1.16 bits per heavy atom. The van der Waals surface area contributed by atoms with Crippen molar-refractivity contribution in [1.29, 1.82) is 0 Å². The molecule has 0 aromatic heterocycles. The van der Waals surface area contributed by atoms with Crippen LogP contribution in [0.5, 0.6) is 0 Å². The first-order valence-corrected chi connectivity index (χ1v) is 6.30. The topological polar surface area (TPSA) is 49.3 Å². The van der Waals surface area contributed by atoms with Gasteiger partial charge in [0.1, 0.15) is 0 Å². The quantitative estimate of drug-likeness (QED) is 0.879. The van der Waals surface area contributed by atoms with E-state index in [0.29, 0.717) is 5.02 Å². The van der Waals surface area contributed by atoms with Crippen molar-refractivity contribution in [2.75, 3.05) is 5.32 Å². The second-order valence-electron chi connectivity index (χ2n) is 4.27. The molecule has 0 fully saturated rings. The van der Waals surface area contributed by atoms with Gasteiger partial charge in [0.25, 0.3) is 0 Å². The second-order valence-corrected chi connectivity index (χ2v) is 4.68. The number of nitrogens with one attached hydrogen (secondary N) is 1. The molecule has 2 aromatic rings. The van der Waals surface area contributed by atoms with Gasteiger partial charge in [0.05, 0.1) is 5.56 Å². The van der Waals surface area contributed by atoms with Gasteiger partial charge in [-0.25, -0.2) is 4.79 Å². The molecule has 0 aliphatic rings. The Bertz CT molecular complexity index is 581. The zero-order valence-electron chi connectivity index (χ0n) is 10.4. The van der Waals surface area contributed by atoms with E-state index in [1.807, 2.05) is 31.2 Å². The van der Waals surface area contributed by atoms with Crippen LogP contribution in [-0.2, 0) is 0 Å². The molecule has 0 saturated carbocycles. The van der Waals surface area contributed by atoms with E-state index < -0.39 is 5.97 Å². The Morgan fingerprint density at radius 3 is 2.37 bits per heavy atom. The minimum absolute atomic E-state index is 0.0457. The molecule has 0 bridgehead atoms. The molecular weight excluding hydrogens is 262 g/mol. The molecule has 19 heavy (non-hydrogen) atoms. The Hall–Kier alpha value is -2.00. The van der Waals surface area contributed by atoms with E-state index in [9.17, 15) is 4.79 Å². The summed E-state index contributed by atoms with van der Waals surface area (Å²) in [5.74, 6) is -0.925. The van der Waals surface area contributed by atoms with Crippen LogP contribution in [0.15, 0.2) is 48.5 Å². The van der Waals surface area contributed by atoms with E-state index >= 15 is 0 Å². The van der Waals surface area contributed by atoms with Gasteiger partial charge in [-0.05, 0) is 42.8 Å². The molecular formula is C15H14ClNO2. The van der Waals surface area contributed by atoms with Gasteiger partial charge in [-0.1, -0.05) is 29.8 Å². The average Bonchev–Trinajstić information content (AvgIpc) is 2.39. The maximum absolute atomic E-state index is 10.8. The van der Waals surface area contributed by atoms with Crippen molar-refractivity contribution in [1.82, 2.24) is 0 Å². The fourth-order valence-corrected chi connectivity index (χ4v) is 2.16. The Balaban J connectivity index is 2.13. The second kappa shape index (κ2) is 5.76. The van der Waals surface area contributed by atoms with Crippen molar-refractivity contribution >= 4 is 23.3 Å². The molecule has 2 rings (SSSR count). The van der Waals surface area contributed by atoms with Crippen LogP contribution in [0.3, 0.4) is 0 Å². The number of rotatable bonds is 4. The number of carboxylic acids is 1. The average molecular weight is 276 g/mol. The summed E-state index contributed by atoms with van der Waals surface area (Å²) in [6, 6.07) is 14.3. The van der Waals surface area contributed by atoms with Gasteiger partial charge in [-0.15, -0.1) is 0 Å². The highest BCUT2D eigenvalue weighted by atomic mass is 35.5. The highest BCUT2D eigenvalue weighted by Gasteiger charge is 2.09. The lowest BCUT2D eigenvalue weighted by molar-refractivity contribution is 0.0697. The molecule has 1 atom stereocenters. The van der Waals surface area contributed by atoms with E-state index in [0.717, 1.165) is 11.3 Å². The summed E-state index contributed by atoms with van der Waals surface area (Å²) < 4.78 is 0. The third kappa shape index (κ3) is 3.26. The van der Waals surface area contributed by atoms with Crippen LogP contribution in [0.25, 0.3) is 0 Å². The van der Waals surface area contributed by atoms with Crippen molar-refractivity contribution in [3.8, 4) is 0 Å². The van der Waals surface area contributed by atoms with Crippen molar-refractivity contribution in [2.24, 2.45) is 0 Å². The standard InChI is InChI=1S/C15H14ClNO2/c1-10(13-4-2-3-5-14(13)16)17-12-8-6-11(7-9-12)15(18)19/h2-10,17H,1H3,(H,18,19). The first-order chi connectivity index (χ1) is 9.08. The number of hydrogen-bond acceptors (Lipinski definition) is 2. The van der Waals surface area contributed by atoms with Crippen LogP contribution in [0.1, 0.15) is 28.9 Å². The summed E-state index contributed by atoms with van der Waals surface area (Å²) in [4.78, 5) is 10.8. The predicted octanol–water partition coefficient (Wildman–Crippen LogP) is 4.21. The molecule has 0 spiro atoms. The van der Waals surface area contributed by atoms with Crippen LogP contribution in [0, 0.1) is 0 Å². The lowest BCUT2D eigenvalue weighted by Gasteiger charge is -2.17. The fraction of sp³-hybridized carbons (Fsp3) is 0.133. The molecule has 98 valence electrons. The Labute approximate surface area is 116 Å². The van der Waals surface area contributed by atoms with E-state index in [2.05, 4.69) is 5.32 Å². The van der Waals surface area contributed by atoms with Crippen molar-refractivity contribution in [3.63, 3.8) is 0 Å². The number of halogens is 1. The number of carboxylic acid groups (broad SMARTS) is 1. The smallest absolute Gasteiger partial charge is 0.335 e. The van der Waals surface area contributed by atoms with Gasteiger partial charge in [-0.3, -0.25) is 0 Å². The third-order valence-electron chi connectivity index (χ3n) is 2.89. The Morgan fingerprint density at radius 2 is 1.79 bits per heavy atom. The zero-order valence-corrected chi connectivity index (χ0v) is 11.2. The number of aromatic carboxylic acids is 1. The number of anilines is 1. The van der Waals surface area contributed by atoms with E-state index in [4.69, 9.17) is 16.7 Å². The van der Waals surface area contributed by atoms with Crippen molar-refractivity contribution in [3.05, 3.63) is 64.7 Å².